The van der Waals surface area contributed by atoms with Crippen LogP contribution in [0.5, 0.6) is 0 Å². The summed E-state index contributed by atoms with van der Waals surface area (Å²) in [4.78, 5) is 13.8. The van der Waals surface area contributed by atoms with Gasteiger partial charge >= 0.3 is 6.18 Å². The van der Waals surface area contributed by atoms with Gasteiger partial charge < -0.3 is 10.3 Å². The Bertz CT molecular complexity index is 361. The van der Waals surface area contributed by atoms with Crippen LogP contribution in [0.2, 0.25) is 0 Å². The lowest BCUT2D eigenvalue weighted by atomic mass is 10.3. The van der Waals surface area contributed by atoms with Crippen LogP contribution in [0.3, 0.4) is 0 Å². The number of aromatic amines is 1. The number of halogens is 4. The summed E-state index contributed by atoms with van der Waals surface area (Å²) in [6.07, 6.45) is -2.97. The minimum Gasteiger partial charge on any atom is -0.356 e. The second kappa shape index (κ2) is 4.26. The normalized spacial score (nSPS) is 13.7. The number of hydrogen-bond donors (Lipinski definition) is 2. The Hall–Kier alpha value is -0.980. The quantitative estimate of drug-likeness (QED) is 0.861. The fourth-order valence-electron chi connectivity index (χ4n) is 0.855. The molecule has 1 unspecified atom stereocenters. The Kier molecular flexibility index (Phi) is 3.43. The van der Waals surface area contributed by atoms with Crippen molar-refractivity contribution in [3.63, 3.8) is 0 Å². The molecule has 15 heavy (non-hydrogen) atoms. The van der Waals surface area contributed by atoms with Crippen molar-refractivity contribution in [1.29, 1.82) is 0 Å². The van der Waals surface area contributed by atoms with E-state index < -0.39 is 18.1 Å². The molecule has 7 heteroatoms. The van der Waals surface area contributed by atoms with Crippen LogP contribution >= 0.6 is 15.9 Å². The first-order valence-corrected chi connectivity index (χ1v) is 4.81. The van der Waals surface area contributed by atoms with Gasteiger partial charge in [-0.25, -0.2) is 0 Å². The summed E-state index contributed by atoms with van der Waals surface area (Å²) in [7, 11) is 0. The lowest BCUT2D eigenvalue weighted by Crippen LogP contribution is -2.43. The Balaban J connectivity index is 2.64. The van der Waals surface area contributed by atoms with Crippen LogP contribution in [0, 0.1) is 0 Å². The fourth-order valence-corrected chi connectivity index (χ4v) is 1.20. The van der Waals surface area contributed by atoms with Gasteiger partial charge in [-0.3, -0.25) is 4.79 Å². The van der Waals surface area contributed by atoms with E-state index in [9.17, 15) is 18.0 Å². The molecule has 1 amide bonds. The molecule has 0 saturated carbocycles. The lowest BCUT2D eigenvalue weighted by molar-refractivity contribution is -0.149. The Morgan fingerprint density at radius 3 is 2.60 bits per heavy atom. The van der Waals surface area contributed by atoms with Crippen LogP contribution in [0.1, 0.15) is 17.4 Å². The molecule has 2 N–H and O–H groups in total. The van der Waals surface area contributed by atoms with E-state index in [2.05, 4.69) is 20.9 Å². The molecule has 0 saturated heterocycles. The monoisotopic (exact) mass is 284 g/mol. The second-order valence-corrected chi connectivity index (χ2v) is 3.88. The molecule has 1 rings (SSSR count). The van der Waals surface area contributed by atoms with E-state index in [1.807, 2.05) is 5.32 Å². The van der Waals surface area contributed by atoms with Gasteiger partial charge in [0.2, 0.25) is 0 Å². The average molecular weight is 285 g/mol. The summed E-state index contributed by atoms with van der Waals surface area (Å²) in [5, 5.41) is 1.83. The summed E-state index contributed by atoms with van der Waals surface area (Å²) >= 11 is 3.07. The smallest absolute Gasteiger partial charge is 0.356 e. The maximum atomic E-state index is 12.1. The van der Waals surface area contributed by atoms with E-state index in [0.29, 0.717) is 4.47 Å². The molecule has 1 aromatic heterocycles. The van der Waals surface area contributed by atoms with Gasteiger partial charge in [0.15, 0.2) is 0 Å². The van der Waals surface area contributed by atoms with Gasteiger partial charge in [0.25, 0.3) is 5.91 Å². The number of aromatic nitrogens is 1. The van der Waals surface area contributed by atoms with E-state index in [4.69, 9.17) is 0 Å². The van der Waals surface area contributed by atoms with Gasteiger partial charge in [0, 0.05) is 10.7 Å². The van der Waals surface area contributed by atoms with Crippen LogP contribution in [-0.4, -0.2) is 23.1 Å². The van der Waals surface area contributed by atoms with E-state index in [-0.39, 0.29) is 5.69 Å². The highest BCUT2D eigenvalue weighted by Crippen LogP contribution is 2.20. The first kappa shape index (κ1) is 12.1. The molecule has 1 aromatic rings. The molecule has 84 valence electrons. The number of rotatable bonds is 2. The lowest BCUT2D eigenvalue weighted by Gasteiger charge is -2.16. The van der Waals surface area contributed by atoms with Gasteiger partial charge in [0.1, 0.15) is 11.7 Å². The van der Waals surface area contributed by atoms with Crippen molar-refractivity contribution in [1.82, 2.24) is 10.3 Å². The maximum absolute atomic E-state index is 12.1. The van der Waals surface area contributed by atoms with Gasteiger partial charge in [-0.1, -0.05) is 0 Å². The van der Waals surface area contributed by atoms with E-state index >= 15 is 0 Å². The summed E-state index contributed by atoms with van der Waals surface area (Å²) in [5.74, 6) is -0.787. The number of H-pyrrole nitrogens is 1. The molecule has 3 nitrogen and oxygen atoms in total. The van der Waals surface area contributed by atoms with Gasteiger partial charge in [-0.05, 0) is 28.9 Å². The number of carbonyl (C=O) groups excluding carboxylic acids is 1. The molecule has 1 heterocycles. The van der Waals surface area contributed by atoms with Crippen LogP contribution in [0.4, 0.5) is 13.2 Å². The van der Waals surface area contributed by atoms with Crippen molar-refractivity contribution >= 4 is 21.8 Å². The SMILES string of the molecule is CC(NC(=O)c1cc(Br)c[nH]1)C(F)(F)F. The number of carbonyl (C=O) groups is 1. The third-order valence-electron chi connectivity index (χ3n) is 1.73. The zero-order valence-electron chi connectivity index (χ0n) is 7.65. The first-order valence-electron chi connectivity index (χ1n) is 4.02. The number of nitrogens with one attached hydrogen (secondary N) is 2. The maximum Gasteiger partial charge on any atom is 0.408 e. The molecule has 0 aromatic carbocycles. The van der Waals surface area contributed by atoms with Crippen molar-refractivity contribution in [2.75, 3.05) is 0 Å². The number of hydrogen-bond acceptors (Lipinski definition) is 1. The highest BCUT2D eigenvalue weighted by Gasteiger charge is 2.37. The Labute approximate surface area is 92.2 Å². The van der Waals surface area contributed by atoms with Crippen molar-refractivity contribution in [3.8, 4) is 0 Å². The zero-order valence-corrected chi connectivity index (χ0v) is 9.24. The Morgan fingerprint density at radius 1 is 1.60 bits per heavy atom. The summed E-state index contributed by atoms with van der Waals surface area (Å²) in [6, 6.07) is -0.467. The first-order chi connectivity index (χ1) is 6.80. The molecule has 0 aliphatic heterocycles. The van der Waals surface area contributed by atoms with Crippen molar-refractivity contribution < 1.29 is 18.0 Å². The van der Waals surface area contributed by atoms with Crippen molar-refractivity contribution in [2.45, 2.75) is 19.1 Å². The molecule has 0 spiro atoms. The van der Waals surface area contributed by atoms with Gasteiger partial charge in [0.05, 0.1) is 0 Å². The third kappa shape index (κ3) is 3.26. The van der Waals surface area contributed by atoms with Crippen LogP contribution in [-0.2, 0) is 0 Å². The van der Waals surface area contributed by atoms with E-state index in [1.165, 1.54) is 12.3 Å². The average Bonchev–Trinajstić information content (AvgIpc) is 2.50. The third-order valence-corrected chi connectivity index (χ3v) is 2.19. The fraction of sp³-hybridized carbons (Fsp3) is 0.375. The van der Waals surface area contributed by atoms with Crippen LogP contribution in [0.15, 0.2) is 16.7 Å². The molecule has 0 fully saturated rings. The minimum atomic E-state index is -4.43. The number of alkyl halides is 3. The predicted octanol–water partition coefficient (Wildman–Crippen LogP) is 2.46. The standard InChI is InChI=1S/C8H8BrF3N2O/c1-4(8(10,11)12)14-7(15)6-2-5(9)3-13-6/h2-4,13H,1H3,(H,14,15). The summed E-state index contributed by atoms with van der Waals surface area (Å²) in [6.45, 7) is 0.885. The molecular formula is C8H8BrF3N2O. The molecule has 0 aliphatic rings. The Morgan fingerprint density at radius 2 is 2.20 bits per heavy atom. The molecule has 1 atom stereocenters. The number of amides is 1. The minimum absolute atomic E-state index is 0.0815. The highest BCUT2D eigenvalue weighted by atomic mass is 79.9. The topological polar surface area (TPSA) is 44.9 Å². The highest BCUT2D eigenvalue weighted by molar-refractivity contribution is 9.10. The van der Waals surface area contributed by atoms with Gasteiger partial charge in [-0.2, -0.15) is 13.2 Å². The van der Waals surface area contributed by atoms with E-state index in [0.717, 1.165) is 6.92 Å². The largest absolute Gasteiger partial charge is 0.408 e. The molecule has 0 radical (unpaired) electrons. The predicted molar refractivity (Wildman–Crippen MR) is 51.5 cm³/mol. The van der Waals surface area contributed by atoms with Crippen molar-refractivity contribution in [3.05, 3.63) is 22.4 Å². The summed E-state index contributed by atoms with van der Waals surface area (Å²) < 4.78 is 36.9. The van der Waals surface area contributed by atoms with Crippen molar-refractivity contribution in [2.24, 2.45) is 0 Å². The van der Waals surface area contributed by atoms with E-state index in [1.54, 1.807) is 0 Å². The van der Waals surface area contributed by atoms with Gasteiger partial charge in [-0.15, -0.1) is 0 Å². The molecule has 0 aliphatic carbocycles. The zero-order chi connectivity index (χ0) is 11.6. The molecular weight excluding hydrogens is 277 g/mol. The van der Waals surface area contributed by atoms with Crippen LogP contribution < -0.4 is 5.32 Å². The van der Waals surface area contributed by atoms with Crippen LogP contribution in [0.25, 0.3) is 0 Å². The summed E-state index contributed by atoms with van der Waals surface area (Å²) in [5.41, 5.74) is 0.0815. The second-order valence-electron chi connectivity index (χ2n) is 2.97. The molecule has 0 bridgehead atoms.